The minimum atomic E-state index is -0.100. The van der Waals surface area contributed by atoms with Crippen molar-refractivity contribution in [1.29, 1.82) is 0 Å². The van der Waals surface area contributed by atoms with Crippen LogP contribution in [0, 0.1) is 36.5 Å². The first-order valence-corrected chi connectivity index (χ1v) is 12.8. The van der Waals surface area contributed by atoms with Crippen LogP contribution in [0.25, 0.3) is 0 Å². The summed E-state index contributed by atoms with van der Waals surface area (Å²) < 4.78 is 6.42. The van der Waals surface area contributed by atoms with Gasteiger partial charge in [0.15, 0.2) is 0 Å². The van der Waals surface area contributed by atoms with E-state index >= 15 is 0 Å². The van der Waals surface area contributed by atoms with Gasteiger partial charge in [-0.2, -0.15) is 0 Å². The SMILES string of the molecule is Cc1cccc2c1C1(CCC(C(C)C(=O)NC34CC(C)CC(CC(C)C3)C4)CC1)OC2. The van der Waals surface area contributed by atoms with Gasteiger partial charge >= 0.3 is 0 Å². The van der Waals surface area contributed by atoms with Gasteiger partial charge < -0.3 is 10.1 Å². The highest BCUT2D eigenvalue weighted by atomic mass is 16.5. The molecule has 3 atom stereocenters. The maximum absolute atomic E-state index is 13.4. The van der Waals surface area contributed by atoms with Crippen LogP contribution >= 0.6 is 0 Å². The van der Waals surface area contributed by atoms with Crippen LogP contribution in [0.15, 0.2) is 18.2 Å². The van der Waals surface area contributed by atoms with Crippen molar-refractivity contribution in [3.05, 3.63) is 34.9 Å². The number of nitrogens with one attached hydrogen (secondary N) is 1. The monoisotopic (exact) mass is 423 g/mol. The number of carbonyl (C=O) groups is 1. The largest absolute Gasteiger partial charge is 0.366 e. The summed E-state index contributed by atoms with van der Waals surface area (Å²) >= 11 is 0. The van der Waals surface area contributed by atoms with E-state index in [4.69, 9.17) is 4.74 Å². The summed E-state index contributed by atoms with van der Waals surface area (Å²) in [6.07, 6.45) is 10.5. The molecule has 3 fully saturated rings. The lowest BCUT2D eigenvalue weighted by atomic mass is 9.61. The van der Waals surface area contributed by atoms with Crippen LogP contribution in [0.5, 0.6) is 0 Å². The van der Waals surface area contributed by atoms with E-state index in [2.05, 4.69) is 51.2 Å². The number of amides is 1. The van der Waals surface area contributed by atoms with Gasteiger partial charge in [-0.25, -0.2) is 0 Å². The van der Waals surface area contributed by atoms with Crippen LogP contribution in [-0.2, 0) is 21.7 Å². The van der Waals surface area contributed by atoms with Crippen LogP contribution in [0.3, 0.4) is 0 Å². The van der Waals surface area contributed by atoms with E-state index in [0.29, 0.717) is 11.8 Å². The lowest BCUT2D eigenvalue weighted by Crippen LogP contribution is -2.57. The molecule has 1 spiro atoms. The van der Waals surface area contributed by atoms with Crippen LogP contribution in [-0.4, -0.2) is 11.4 Å². The Labute approximate surface area is 188 Å². The van der Waals surface area contributed by atoms with Gasteiger partial charge in [-0.05, 0) is 105 Å². The molecule has 3 nitrogen and oxygen atoms in total. The number of hydrogen-bond acceptors (Lipinski definition) is 2. The van der Waals surface area contributed by atoms with Gasteiger partial charge in [0, 0.05) is 11.5 Å². The Morgan fingerprint density at radius 1 is 1.10 bits per heavy atom. The quantitative estimate of drug-likeness (QED) is 0.622. The molecule has 2 bridgehead atoms. The third-order valence-electron chi connectivity index (χ3n) is 9.29. The maximum Gasteiger partial charge on any atom is 0.223 e. The van der Waals surface area contributed by atoms with E-state index < -0.39 is 0 Å². The van der Waals surface area contributed by atoms with Crippen LogP contribution in [0.4, 0.5) is 0 Å². The standard InChI is InChI=1S/C28H41NO2/c1-18-12-22-13-19(2)15-27(14-18,16-22)29-26(30)21(4)23-8-10-28(11-9-23)25-20(3)6-5-7-24(25)17-31-28/h5-7,18-19,21-23H,8-17H2,1-4H3,(H,29,30). The number of rotatable bonds is 3. The van der Waals surface area contributed by atoms with E-state index in [-0.39, 0.29) is 17.1 Å². The molecular formula is C28H41NO2. The molecule has 1 aromatic rings. The van der Waals surface area contributed by atoms with E-state index in [9.17, 15) is 4.79 Å². The van der Waals surface area contributed by atoms with Crippen molar-refractivity contribution in [3.63, 3.8) is 0 Å². The molecule has 1 heterocycles. The van der Waals surface area contributed by atoms with Gasteiger partial charge in [0.2, 0.25) is 5.91 Å². The molecular weight excluding hydrogens is 382 g/mol. The van der Waals surface area contributed by atoms with Crippen molar-refractivity contribution in [2.45, 2.75) is 103 Å². The summed E-state index contributed by atoms with van der Waals surface area (Å²) in [5, 5.41) is 3.64. The molecule has 3 unspecified atom stereocenters. The second-order valence-electron chi connectivity index (χ2n) is 11.9. The lowest BCUT2D eigenvalue weighted by molar-refractivity contribution is -0.132. The molecule has 0 saturated heterocycles. The fourth-order valence-corrected chi connectivity index (χ4v) is 8.24. The average Bonchev–Trinajstić information content (AvgIpc) is 3.06. The molecule has 1 aliphatic heterocycles. The summed E-state index contributed by atoms with van der Waals surface area (Å²) in [6, 6.07) is 6.60. The van der Waals surface area contributed by atoms with Gasteiger partial charge in [-0.15, -0.1) is 0 Å². The third kappa shape index (κ3) is 3.86. The predicted octanol–water partition coefficient (Wildman–Crippen LogP) is 6.27. The van der Waals surface area contributed by atoms with E-state index in [0.717, 1.165) is 50.0 Å². The fraction of sp³-hybridized carbons (Fsp3) is 0.750. The first-order valence-electron chi connectivity index (χ1n) is 12.8. The molecule has 3 aliphatic carbocycles. The van der Waals surface area contributed by atoms with Crippen LogP contribution in [0.2, 0.25) is 0 Å². The maximum atomic E-state index is 13.4. The predicted molar refractivity (Wildman–Crippen MR) is 125 cm³/mol. The molecule has 1 amide bonds. The van der Waals surface area contributed by atoms with Crippen molar-refractivity contribution >= 4 is 5.91 Å². The molecule has 1 N–H and O–H groups in total. The Hall–Kier alpha value is -1.35. The molecule has 3 heteroatoms. The van der Waals surface area contributed by atoms with Gasteiger partial charge in [0.25, 0.3) is 0 Å². The minimum Gasteiger partial charge on any atom is -0.366 e. The highest BCUT2D eigenvalue weighted by molar-refractivity contribution is 5.79. The zero-order valence-corrected chi connectivity index (χ0v) is 20.0. The number of carbonyl (C=O) groups excluding carboxylic acids is 1. The zero-order chi connectivity index (χ0) is 21.8. The van der Waals surface area contributed by atoms with Crippen LogP contribution < -0.4 is 5.32 Å². The van der Waals surface area contributed by atoms with Gasteiger partial charge in [-0.3, -0.25) is 4.79 Å². The van der Waals surface area contributed by atoms with Gasteiger partial charge in [0.1, 0.15) is 0 Å². The molecule has 0 aromatic heterocycles. The Balaban J connectivity index is 1.24. The molecule has 0 radical (unpaired) electrons. The smallest absolute Gasteiger partial charge is 0.223 e. The summed E-state index contributed by atoms with van der Waals surface area (Å²) in [5.41, 5.74) is 4.15. The minimum absolute atomic E-state index is 0.0614. The highest BCUT2D eigenvalue weighted by Gasteiger charge is 2.48. The second-order valence-corrected chi connectivity index (χ2v) is 11.9. The molecule has 3 saturated carbocycles. The topological polar surface area (TPSA) is 38.3 Å². The first kappa shape index (κ1) is 21.5. The number of benzene rings is 1. The van der Waals surface area contributed by atoms with Crippen molar-refractivity contribution in [1.82, 2.24) is 5.32 Å². The Bertz CT molecular complexity index is 818. The van der Waals surface area contributed by atoms with Crippen molar-refractivity contribution in [2.24, 2.45) is 29.6 Å². The van der Waals surface area contributed by atoms with E-state index in [1.165, 1.54) is 48.8 Å². The number of fused-ring (bicyclic) bond motifs is 4. The summed E-state index contributed by atoms with van der Waals surface area (Å²) in [5.74, 6) is 3.15. The Morgan fingerprint density at radius 3 is 2.45 bits per heavy atom. The summed E-state index contributed by atoms with van der Waals surface area (Å²) in [7, 11) is 0. The Morgan fingerprint density at radius 2 is 1.77 bits per heavy atom. The van der Waals surface area contributed by atoms with Gasteiger partial charge in [0.05, 0.1) is 12.2 Å². The number of aryl methyl sites for hydroxylation is 1. The molecule has 4 aliphatic rings. The number of hydrogen-bond donors (Lipinski definition) is 1. The number of ether oxygens (including phenoxy) is 1. The molecule has 5 rings (SSSR count). The third-order valence-corrected chi connectivity index (χ3v) is 9.29. The first-order chi connectivity index (χ1) is 14.8. The van der Waals surface area contributed by atoms with Crippen molar-refractivity contribution < 1.29 is 9.53 Å². The van der Waals surface area contributed by atoms with Crippen LogP contribution in [0.1, 0.15) is 95.2 Å². The van der Waals surface area contributed by atoms with Crippen molar-refractivity contribution in [3.8, 4) is 0 Å². The Kier molecular flexibility index (Phi) is 5.48. The highest BCUT2D eigenvalue weighted by Crippen LogP contribution is 2.51. The second kappa shape index (κ2) is 7.90. The molecule has 31 heavy (non-hydrogen) atoms. The average molecular weight is 424 g/mol. The summed E-state index contributed by atoms with van der Waals surface area (Å²) in [6.45, 7) is 9.92. The van der Waals surface area contributed by atoms with Crippen molar-refractivity contribution in [2.75, 3.05) is 0 Å². The normalized spacial score (nSPS) is 40.4. The lowest BCUT2D eigenvalue weighted by Gasteiger charge is -2.51. The van der Waals surface area contributed by atoms with E-state index in [1.54, 1.807) is 0 Å². The molecule has 170 valence electrons. The van der Waals surface area contributed by atoms with E-state index in [1.807, 2.05) is 0 Å². The molecule has 1 aromatic carbocycles. The fourth-order valence-electron chi connectivity index (χ4n) is 8.24. The zero-order valence-electron chi connectivity index (χ0n) is 20.0. The summed E-state index contributed by atoms with van der Waals surface area (Å²) in [4.78, 5) is 13.4. The van der Waals surface area contributed by atoms with Gasteiger partial charge in [-0.1, -0.05) is 39.0 Å².